The maximum atomic E-state index is 12.2. The monoisotopic (exact) mass is 361 g/mol. The van der Waals surface area contributed by atoms with E-state index in [9.17, 15) is 9.59 Å². The van der Waals surface area contributed by atoms with Crippen molar-refractivity contribution in [3.05, 3.63) is 35.4 Å². The number of carbonyl (C=O) groups is 2. The van der Waals surface area contributed by atoms with E-state index in [1.54, 1.807) is 0 Å². The lowest BCUT2D eigenvalue weighted by molar-refractivity contribution is -0.140. The number of aliphatic carboxylic acids is 1. The number of carboxylic acid groups (broad SMARTS) is 1. The number of carbonyl (C=O) groups excluding carboxylic acids is 1. The van der Waals surface area contributed by atoms with Gasteiger partial charge in [-0.3, -0.25) is 9.59 Å². The van der Waals surface area contributed by atoms with Gasteiger partial charge >= 0.3 is 5.97 Å². The Labute approximate surface area is 153 Å². The zero-order valence-electron chi connectivity index (χ0n) is 15.4. The van der Waals surface area contributed by atoms with Crippen LogP contribution in [0.2, 0.25) is 0 Å². The lowest BCUT2D eigenvalue weighted by Gasteiger charge is -2.22. The maximum absolute atomic E-state index is 12.2. The van der Waals surface area contributed by atoms with Gasteiger partial charge in [-0.05, 0) is 29.4 Å². The van der Waals surface area contributed by atoms with Gasteiger partial charge in [0.1, 0.15) is 0 Å². The molecule has 1 aromatic carbocycles. The predicted molar refractivity (Wildman–Crippen MR) is 95.3 cm³/mol. The molecule has 1 aliphatic carbocycles. The molecule has 2 fully saturated rings. The molecule has 26 heavy (non-hydrogen) atoms. The summed E-state index contributed by atoms with van der Waals surface area (Å²) in [5.41, 5.74) is 1.61. The van der Waals surface area contributed by atoms with E-state index in [2.05, 4.69) is 5.32 Å². The minimum atomic E-state index is -0.899. The predicted octanol–water partition coefficient (Wildman–Crippen LogP) is 2.36. The molecule has 2 N–H and O–H groups in total. The van der Waals surface area contributed by atoms with Gasteiger partial charge in [0, 0.05) is 19.8 Å². The van der Waals surface area contributed by atoms with E-state index >= 15 is 0 Å². The number of rotatable bonds is 7. The highest BCUT2D eigenvalue weighted by Crippen LogP contribution is 2.58. The number of benzene rings is 1. The summed E-state index contributed by atoms with van der Waals surface area (Å²) in [6, 6.07) is 7.94. The zero-order chi connectivity index (χ0) is 18.7. The van der Waals surface area contributed by atoms with E-state index in [0.29, 0.717) is 13.2 Å². The molecule has 6 heteroatoms. The second-order valence-electron chi connectivity index (χ2n) is 7.77. The van der Waals surface area contributed by atoms with Crippen LogP contribution in [-0.2, 0) is 32.2 Å². The minimum Gasteiger partial charge on any atom is -0.481 e. The van der Waals surface area contributed by atoms with Crippen molar-refractivity contribution < 1.29 is 24.2 Å². The van der Waals surface area contributed by atoms with Gasteiger partial charge in [-0.25, -0.2) is 0 Å². The first kappa shape index (κ1) is 18.9. The van der Waals surface area contributed by atoms with Gasteiger partial charge < -0.3 is 19.9 Å². The molecule has 142 valence electrons. The van der Waals surface area contributed by atoms with Gasteiger partial charge in [-0.15, -0.1) is 0 Å². The quantitative estimate of drug-likeness (QED) is 0.779. The van der Waals surface area contributed by atoms with Gasteiger partial charge in [0.05, 0.1) is 24.5 Å². The van der Waals surface area contributed by atoms with Crippen LogP contribution in [0.5, 0.6) is 0 Å². The van der Waals surface area contributed by atoms with E-state index in [-0.39, 0.29) is 12.0 Å². The fourth-order valence-corrected chi connectivity index (χ4v) is 3.70. The summed E-state index contributed by atoms with van der Waals surface area (Å²) in [5.74, 6) is -2.13. The Bertz CT molecular complexity index is 649. The number of nitrogens with one attached hydrogen (secondary N) is 1. The third-order valence-corrected chi connectivity index (χ3v) is 5.52. The van der Waals surface area contributed by atoms with Crippen molar-refractivity contribution >= 4 is 11.9 Å². The van der Waals surface area contributed by atoms with Crippen molar-refractivity contribution in [2.24, 2.45) is 17.3 Å². The summed E-state index contributed by atoms with van der Waals surface area (Å²) in [6.07, 6.45) is 2.16. The summed E-state index contributed by atoms with van der Waals surface area (Å²) >= 11 is 0. The highest BCUT2D eigenvalue weighted by atomic mass is 16.5. The van der Waals surface area contributed by atoms with Gasteiger partial charge in [0.15, 0.2) is 0 Å². The molecular weight excluding hydrogens is 334 g/mol. The topological polar surface area (TPSA) is 84.9 Å². The molecule has 2 atom stereocenters. The lowest BCUT2D eigenvalue weighted by atomic mass is 10.1. The molecule has 1 saturated heterocycles. The molecule has 1 aromatic rings. The van der Waals surface area contributed by atoms with Gasteiger partial charge in [-0.2, -0.15) is 0 Å². The average Bonchev–Trinajstić information content (AvgIpc) is 3.22. The normalized spacial score (nSPS) is 24.8. The second kappa shape index (κ2) is 7.76. The molecule has 0 bridgehead atoms. The Kier molecular flexibility index (Phi) is 5.63. The number of carboxylic acids is 1. The molecule has 1 aliphatic heterocycles. The number of amides is 1. The first-order valence-corrected chi connectivity index (χ1v) is 9.17. The molecule has 0 spiro atoms. The van der Waals surface area contributed by atoms with Crippen molar-refractivity contribution in [2.45, 2.75) is 45.9 Å². The summed E-state index contributed by atoms with van der Waals surface area (Å²) in [5, 5.41) is 12.0. The zero-order valence-corrected chi connectivity index (χ0v) is 15.4. The maximum Gasteiger partial charge on any atom is 0.307 e. The Morgan fingerprint density at radius 3 is 2.35 bits per heavy atom. The van der Waals surface area contributed by atoms with E-state index in [1.165, 1.54) is 0 Å². The van der Waals surface area contributed by atoms with Gasteiger partial charge in [0.25, 0.3) is 0 Å². The van der Waals surface area contributed by atoms with Crippen molar-refractivity contribution in [1.29, 1.82) is 0 Å². The van der Waals surface area contributed by atoms with E-state index in [0.717, 1.165) is 37.2 Å². The van der Waals surface area contributed by atoms with Crippen molar-refractivity contribution in [2.75, 3.05) is 13.2 Å². The molecule has 1 heterocycles. The molecular formula is C20H27NO5. The van der Waals surface area contributed by atoms with Crippen LogP contribution in [0.15, 0.2) is 24.3 Å². The van der Waals surface area contributed by atoms with Crippen molar-refractivity contribution in [3.63, 3.8) is 0 Å². The highest BCUT2D eigenvalue weighted by Gasteiger charge is 2.65. The largest absolute Gasteiger partial charge is 0.481 e. The summed E-state index contributed by atoms with van der Waals surface area (Å²) in [4.78, 5) is 23.4. The van der Waals surface area contributed by atoms with Crippen LogP contribution in [0.4, 0.5) is 0 Å². The minimum absolute atomic E-state index is 0.186. The molecule has 1 amide bonds. The van der Waals surface area contributed by atoms with Gasteiger partial charge in [0.2, 0.25) is 5.91 Å². The van der Waals surface area contributed by atoms with Crippen molar-refractivity contribution in [1.82, 2.24) is 5.32 Å². The summed E-state index contributed by atoms with van der Waals surface area (Å²) < 4.78 is 11.2. The highest BCUT2D eigenvalue weighted by molar-refractivity contribution is 5.91. The number of hydrogen-bond donors (Lipinski definition) is 2. The summed E-state index contributed by atoms with van der Waals surface area (Å²) in [6.45, 7) is 6.16. The fourth-order valence-electron chi connectivity index (χ4n) is 3.70. The van der Waals surface area contributed by atoms with Crippen LogP contribution < -0.4 is 5.32 Å². The SMILES string of the molecule is CC1(C)[C@H](C(=O)O)[C@@H]1C(=O)NCc1ccc(COC2CCOCC2)cc1. The van der Waals surface area contributed by atoms with Crippen molar-refractivity contribution in [3.8, 4) is 0 Å². The molecule has 1 saturated carbocycles. The Hall–Kier alpha value is -1.92. The van der Waals surface area contributed by atoms with E-state index < -0.39 is 23.2 Å². The van der Waals surface area contributed by atoms with Gasteiger partial charge in [-0.1, -0.05) is 38.1 Å². The van der Waals surface area contributed by atoms with E-state index in [4.69, 9.17) is 14.6 Å². The van der Waals surface area contributed by atoms with Crippen LogP contribution in [0.25, 0.3) is 0 Å². The Balaban J connectivity index is 1.44. The third kappa shape index (κ3) is 4.24. The Morgan fingerprint density at radius 1 is 1.15 bits per heavy atom. The van der Waals surface area contributed by atoms with E-state index in [1.807, 2.05) is 38.1 Å². The molecule has 0 radical (unpaired) electrons. The third-order valence-electron chi connectivity index (χ3n) is 5.52. The molecule has 6 nitrogen and oxygen atoms in total. The van der Waals surface area contributed by atoms with Crippen LogP contribution >= 0.6 is 0 Å². The molecule has 0 aromatic heterocycles. The molecule has 2 aliphatic rings. The van der Waals surface area contributed by atoms with Crippen LogP contribution in [0.3, 0.4) is 0 Å². The first-order chi connectivity index (χ1) is 12.4. The summed E-state index contributed by atoms with van der Waals surface area (Å²) in [7, 11) is 0. The first-order valence-electron chi connectivity index (χ1n) is 9.17. The second-order valence-corrected chi connectivity index (χ2v) is 7.77. The molecule has 3 rings (SSSR count). The Morgan fingerprint density at radius 2 is 1.77 bits per heavy atom. The van der Waals surface area contributed by atoms with Crippen LogP contribution in [-0.4, -0.2) is 36.3 Å². The molecule has 0 unspecified atom stereocenters. The smallest absolute Gasteiger partial charge is 0.307 e. The van der Waals surface area contributed by atoms with Crippen LogP contribution in [0, 0.1) is 17.3 Å². The van der Waals surface area contributed by atoms with Crippen LogP contribution in [0.1, 0.15) is 37.8 Å². The standard InChI is InChI=1S/C20H27NO5/c1-20(2)16(17(20)19(23)24)18(22)21-11-13-3-5-14(6-4-13)12-26-15-7-9-25-10-8-15/h3-6,15-17H,7-12H2,1-2H3,(H,21,22)(H,23,24)/t16-,17+/m1/s1. The average molecular weight is 361 g/mol. The lowest BCUT2D eigenvalue weighted by Crippen LogP contribution is -2.26. The number of ether oxygens (including phenoxy) is 2. The fraction of sp³-hybridized carbons (Fsp3) is 0.600. The number of hydrogen-bond acceptors (Lipinski definition) is 4.